The van der Waals surface area contributed by atoms with Gasteiger partial charge in [-0.05, 0) is 69.2 Å². The molecule has 1 aromatic carbocycles. The Balaban J connectivity index is 1.71. The molecule has 2 aromatic rings. The van der Waals surface area contributed by atoms with Gasteiger partial charge in [-0.2, -0.15) is 0 Å². The molecule has 5 nitrogen and oxygen atoms in total. The molecule has 0 bridgehead atoms. The second-order valence-electron chi connectivity index (χ2n) is 6.96. The number of rotatable bonds is 3. The summed E-state index contributed by atoms with van der Waals surface area (Å²) >= 11 is 0. The smallest absolute Gasteiger partial charge is 0.253 e. The summed E-state index contributed by atoms with van der Waals surface area (Å²) in [4.78, 5) is 26.5. The third kappa shape index (κ3) is 3.99. The minimum absolute atomic E-state index is 0.0119. The maximum absolute atomic E-state index is 12.4. The summed E-state index contributed by atoms with van der Waals surface area (Å²) in [5.41, 5.74) is 3.36. The zero-order chi connectivity index (χ0) is 18.0. The molecule has 1 fully saturated rings. The van der Waals surface area contributed by atoms with Gasteiger partial charge in [-0.25, -0.2) is 0 Å². The molecule has 1 aliphatic rings. The van der Waals surface area contributed by atoms with Crippen LogP contribution in [0.4, 0.5) is 0 Å². The minimum Gasteiger partial charge on any atom is -0.349 e. The maximum atomic E-state index is 12.4. The number of likely N-dealkylation sites (tertiary alicyclic amines) is 1. The molecule has 1 N–H and O–H groups in total. The van der Waals surface area contributed by atoms with Crippen molar-refractivity contribution in [1.82, 2.24) is 14.8 Å². The molecular weight excluding hydrogens is 314 g/mol. The fourth-order valence-corrected chi connectivity index (χ4v) is 3.27. The number of nitrogens with zero attached hydrogens (tertiary/aromatic N) is 2. The van der Waals surface area contributed by atoms with Crippen LogP contribution in [-0.4, -0.2) is 41.6 Å². The van der Waals surface area contributed by atoms with Crippen LogP contribution in [0.2, 0.25) is 0 Å². The van der Waals surface area contributed by atoms with Crippen LogP contribution >= 0.6 is 0 Å². The molecule has 1 aromatic heterocycles. The van der Waals surface area contributed by atoms with Crippen molar-refractivity contribution in [3.63, 3.8) is 0 Å². The highest BCUT2D eigenvalue weighted by atomic mass is 16.1. The van der Waals surface area contributed by atoms with Gasteiger partial charge in [0.15, 0.2) is 0 Å². The van der Waals surface area contributed by atoms with E-state index in [9.17, 15) is 9.59 Å². The molecular formula is C20H25N3O2. The molecule has 25 heavy (non-hydrogen) atoms. The van der Waals surface area contributed by atoms with Crippen molar-refractivity contribution in [1.29, 1.82) is 0 Å². The summed E-state index contributed by atoms with van der Waals surface area (Å²) in [6, 6.07) is 9.71. The fraction of sp³-hybridized carbons (Fsp3) is 0.400. The number of nitrogens with one attached hydrogen (secondary N) is 1. The maximum Gasteiger partial charge on any atom is 0.253 e. The third-order valence-electron chi connectivity index (χ3n) is 4.90. The van der Waals surface area contributed by atoms with Gasteiger partial charge in [0.25, 0.3) is 11.5 Å². The summed E-state index contributed by atoms with van der Waals surface area (Å²) in [7, 11) is 3.86. The molecule has 0 saturated carbocycles. The number of hydrogen-bond donors (Lipinski definition) is 1. The van der Waals surface area contributed by atoms with E-state index in [4.69, 9.17) is 0 Å². The highest BCUT2D eigenvalue weighted by molar-refractivity contribution is 5.94. The molecule has 1 aliphatic heterocycles. The summed E-state index contributed by atoms with van der Waals surface area (Å²) < 4.78 is 1.59. The standard InChI is InChI=1S/C20H25N3O2/c1-14-12-17(13-23(3)20(14)25)15-4-6-16(7-5-15)19(24)21-18-8-10-22(2)11-9-18/h4-7,12-13,18H,8-11H2,1-3H3,(H,21,24). The first-order valence-electron chi connectivity index (χ1n) is 8.71. The number of benzene rings is 1. The Kier molecular flexibility index (Phi) is 5.04. The van der Waals surface area contributed by atoms with Crippen molar-refractivity contribution in [2.45, 2.75) is 25.8 Å². The van der Waals surface area contributed by atoms with Crippen LogP contribution in [0.1, 0.15) is 28.8 Å². The van der Waals surface area contributed by atoms with Gasteiger partial charge in [0.1, 0.15) is 0 Å². The SMILES string of the molecule is Cc1cc(-c2ccc(C(=O)NC3CCN(C)CC3)cc2)cn(C)c1=O. The molecule has 5 heteroatoms. The van der Waals surface area contributed by atoms with Crippen molar-refractivity contribution < 1.29 is 4.79 Å². The first-order chi connectivity index (χ1) is 11.9. The number of carbonyl (C=O) groups excluding carboxylic acids is 1. The lowest BCUT2D eigenvalue weighted by atomic mass is 10.0. The van der Waals surface area contributed by atoms with Crippen molar-refractivity contribution in [3.05, 3.63) is 58.0 Å². The number of carbonyl (C=O) groups is 1. The lowest BCUT2D eigenvalue weighted by Crippen LogP contribution is -2.43. The summed E-state index contributed by atoms with van der Waals surface area (Å²) in [6.45, 7) is 3.86. The molecule has 2 heterocycles. The van der Waals surface area contributed by atoms with Crippen molar-refractivity contribution >= 4 is 5.91 Å². The summed E-state index contributed by atoms with van der Waals surface area (Å²) in [5, 5.41) is 3.13. The molecule has 0 atom stereocenters. The Morgan fingerprint density at radius 3 is 2.32 bits per heavy atom. The van der Waals surface area contributed by atoms with Gasteiger partial charge in [-0.15, -0.1) is 0 Å². The van der Waals surface area contributed by atoms with Crippen molar-refractivity contribution in [3.8, 4) is 11.1 Å². The number of piperidine rings is 1. The second-order valence-corrected chi connectivity index (χ2v) is 6.96. The van der Waals surface area contributed by atoms with Gasteiger partial charge < -0.3 is 14.8 Å². The quantitative estimate of drug-likeness (QED) is 0.933. The van der Waals surface area contributed by atoms with E-state index in [2.05, 4.69) is 17.3 Å². The van der Waals surface area contributed by atoms with Crippen LogP contribution in [0.3, 0.4) is 0 Å². The van der Waals surface area contributed by atoms with Gasteiger partial charge in [-0.3, -0.25) is 9.59 Å². The van der Waals surface area contributed by atoms with Gasteiger partial charge >= 0.3 is 0 Å². The van der Waals surface area contributed by atoms with E-state index < -0.39 is 0 Å². The molecule has 1 saturated heterocycles. The molecule has 0 aliphatic carbocycles. The van der Waals surface area contributed by atoms with E-state index in [-0.39, 0.29) is 17.5 Å². The van der Waals surface area contributed by atoms with Gasteiger partial charge in [0.2, 0.25) is 0 Å². The Bertz CT molecular complexity index is 790. The molecule has 1 amide bonds. The summed E-state index contributed by atoms with van der Waals surface area (Å²) in [6.07, 6.45) is 3.82. The monoisotopic (exact) mass is 339 g/mol. The lowest BCUT2D eigenvalue weighted by molar-refractivity contribution is 0.0917. The van der Waals surface area contributed by atoms with Gasteiger partial charge in [-0.1, -0.05) is 12.1 Å². The average molecular weight is 339 g/mol. The number of aromatic nitrogens is 1. The summed E-state index contributed by atoms with van der Waals surface area (Å²) in [5.74, 6) is -0.0160. The van der Waals surface area contributed by atoms with E-state index in [1.807, 2.05) is 43.5 Å². The molecule has 132 valence electrons. The number of pyridine rings is 1. The highest BCUT2D eigenvalue weighted by Crippen LogP contribution is 2.20. The number of amides is 1. The topological polar surface area (TPSA) is 54.3 Å². The zero-order valence-corrected chi connectivity index (χ0v) is 15.1. The lowest BCUT2D eigenvalue weighted by Gasteiger charge is -2.29. The normalized spacial score (nSPS) is 16.0. The predicted molar refractivity (Wildman–Crippen MR) is 99.8 cm³/mol. The van der Waals surface area contributed by atoms with Crippen LogP contribution < -0.4 is 10.9 Å². The predicted octanol–water partition coefficient (Wildman–Crippen LogP) is 2.18. The zero-order valence-electron chi connectivity index (χ0n) is 15.1. The number of hydrogen-bond acceptors (Lipinski definition) is 3. The Labute approximate surface area is 148 Å². The molecule has 3 rings (SSSR count). The van der Waals surface area contributed by atoms with E-state index in [1.165, 1.54) is 0 Å². The van der Waals surface area contributed by atoms with E-state index >= 15 is 0 Å². The second kappa shape index (κ2) is 7.23. The van der Waals surface area contributed by atoms with Crippen LogP contribution in [0.15, 0.2) is 41.3 Å². The Morgan fingerprint density at radius 2 is 1.72 bits per heavy atom. The van der Waals surface area contributed by atoms with Gasteiger partial charge in [0, 0.05) is 30.4 Å². The van der Waals surface area contributed by atoms with Crippen LogP contribution in [-0.2, 0) is 7.05 Å². The van der Waals surface area contributed by atoms with Crippen molar-refractivity contribution in [2.75, 3.05) is 20.1 Å². The fourth-order valence-electron chi connectivity index (χ4n) is 3.27. The van der Waals surface area contributed by atoms with Crippen LogP contribution in [0.25, 0.3) is 11.1 Å². The number of aryl methyl sites for hydroxylation is 2. The van der Waals surface area contributed by atoms with E-state index in [0.717, 1.165) is 37.1 Å². The first-order valence-corrected chi connectivity index (χ1v) is 8.71. The van der Waals surface area contributed by atoms with Crippen molar-refractivity contribution in [2.24, 2.45) is 7.05 Å². The molecule has 0 radical (unpaired) electrons. The van der Waals surface area contributed by atoms with Gasteiger partial charge in [0.05, 0.1) is 0 Å². The average Bonchev–Trinajstić information content (AvgIpc) is 2.61. The molecule has 0 unspecified atom stereocenters. The van der Waals surface area contributed by atoms with E-state index in [0.29, 0.717) is 11.1 Å². The van der Waals surface area contributed by atoms with Crippen LogP contribution in [0.5, 0.6) is 0 Å². The highest BCUT2D eigenvalue weighted by Gasteiger charge is 2.19. The largest absolute Gasteiger partial charge is 0.349 e. The van der Waals surface area contributed by atoms with Crippen LogP contribution in [0, 0.1) is 6.92 Å². The first kappa shape index (κ1) is 17.4. The molecule has 0 spiro atoms. The minimum atomic E-state index is -0.0160. The van der Waals surface area contributed by atoms with E-state index in [1.54, 1.807) is 11.6 Å². The Hall–Kier alpha value is -2.40. The third-order valence-corrected chi connectivity index (χ3v) is 4.90. The Morgan fingerprint density at radius 1 is 1.08 bits per heavy atom.